The van der Waals surface area contributed by atoms with Gasteiger partial charge in [0.05, 0.1) is 0 Å². The predicted molar refractivity (Wildman–Crippen MR) is 31.2 cm³/mol. The van der Waals surface area contributed by atoms with E-state index in [1.807, 2.05) is 0 Å². The van der Waals surface area contributed by atoms with E-state index in [4.69, 9.17) is 0 Å². The Morgan fingerprint density at radius 1 is 1.43 bits per heavy atom. The van der Waals surface area contributed by atoms with E-state index in [0.717, 1.165) is 12.0 Å². The first-order chi connectivity index (χ1) is 3.30. The molecule has 0 aromatic heterocycles. The van der Waals surface area contributed by atoms with Crippen molar-refractivity contribution in [2.45, 2.75) is 26.3 Å². The third-order valence-corrected chi connectivity index (χ3v) is 1.92. The van der Waals surface area contributed by atoms with Gasteiger partial charge in [-0.05, 0) is 25.8 Å². The third-order valence-electron chi connectivity index (χ3n) is 1.92. The minimum absolute atomic E-state index is 0.764. The van der Waals surface area contributed by atoms with Gasteiger partial charge in [-0.25, -0.2) is 0 Å². The quantitative estimate of drug-likeness (QED) is 0.478. The number of nitrogens with one attached hydrogen (secondary N) is 1. The lowest BCUT2D eigenvalue weighted by atomic mass is 10.1. The molecule has 0 spiro atoms. The monoisotopic (exact) mass is 99.1 g/mol. The van der Waals surface area contributed by atoms with Crippen LogP contribution in [0.1, 0.15) is 20.3 Å². The van der Waals surface area contributed by atoms with Crippen LogP contribution in [0.4, 0.5) is 0 Å². The van der Waals surface area contributed by atoms with Gasteiger partial charge in [-0.3, -0.25) is 0 Å². The van der Waals surface area contributed by atoms with Gasteiger partial charge in [0, 0.05) is 6.04 Å². The molecule has 7 heavy (non-hydrogen) atoms. The van der Waals surface area contributed by atoms with Crippen molar-refractivity contribution in [3.05, 3.63) is 0 Å². The molecule has 1 heteroatoms. The molecule has 0 aromatic rings. The highest BCUT2D eigenvalue weighted by Gasteiger charge is 2.16. The van der Waals surface area contributed by atoms with Gasteiger partial charge < -0.3 is 5.32 Å². The zero-order valence-corrected chi connectivity index (χ0v) is 5.07. The van der Waals surface area contributed by atoms with Crippen LogP contribution in [0.3, 0.4) is 0 Å². The number of hydrogen-bond acceptors (Lipinski definition) is 1. The minimum atomic E-state index is 0.764. The van der Waals surface area contributed by atoms with E-state index >= 15 is 0 Å². The first kappa shape index (κ1) is 5.10. The second kappa shape index (κ2) is 1.83. The molecule has 0 amide bonds. The van der Waals surface area contributed by atoms with Crippen molar-refractivity contribution in [3.63, 3.8) is 0 Å². The molecule has 1 N–H and O–H groups in total. The first-order valence-corrected chi connectivity index (χ1v) is 3.04. The molecular formula is C6H13N. The highest BCUT2D eigenvalue weighted by molar-refractivity contribution is 4.75. The van der Waals surface area contributed by atoms with Gasteiger partial charge in [0.1, 0.15) is 0 Å². The van der Waals surface area contributed by atoms with E-state index < -0.39 is 0 Å². The smallest absolute Gasteiger partial charge is 0.00648 e. The Kier molecular flexibility index (Phi) is 1.33. The fraction of sp³-hybridized carbons (Fsp3) is 1.00. The average Bonchev–Trinajstić information content (AvgIpc) is 1.91. The fourth-order valence-corrected chi connectivity index (χ4v) is 0.990. The molecule has 1 rings (SSSR count). The summed E-state index contributed by atoms with van der Waals surface area (Å²) in [5, 5.41) is 3.37. The molecular weight excluding hydrogens is 86.1 g/mol. The molecule has 1 aliphatic rings. The van der Waals surface area contributed by atoms with Crippen LogP contribution >= 0.6 is 0 Å². The summed E-state index contributed by atoms with van der Waals surface area (Å²) < 4.78 is 0. The van der Waals surface area contributed by atoms with Gasteiger partial charge in [0.25, 0.3) is 0 Å². The molecule has 1 unspecified atom stereocenters. The van der Waals surface area contributed by atoms with Gasteiger partial charge in [-0.15, -0.1) is 0 Å². The number of hydrogen-bond donors (Lipinski definition) is 1. The Bertz CT molecular complexity index is 53.2. The van der Waals surface area contributed by atoms with Crippen molar-refractivity contribution in [1.82, 2.24) is 5.32 Å². The summed E-state index contributed by atoms with van der Waals surface area (Å²) in [6, 6.07) is 0.764. The average molecular weight is 99.2 g/mol. The van der Waals surface area contributed by atoms with Gasteiger partial charge >= 0.3 is 0 Å². The molecule has 0 radical (unpaired) electrons. The van der Waals surface area contributed by atoms with Crippen molar-refractivity contribution in [2.24, 2.45) is 5.92 Å². The lowest BCUT2D eigenvalue weighted by Crippen LogP contribution is -2.20. The zero-order chi connectivity index (χ0) is 5.28. The third kappa shape index (κ3) is 0.942. The molecule has 1 aliphatic heterocycles. The van der Waals surface area contributed by atoms with Crippen LogP contribution in [-0.2, 0) is 0 Å². The SMILES string of the molecule is CC1CCN[C@@H]1C. The van der Waals surface area contributed by atoms with Crippen molar-refractivity contribution in [3.8, 4) is 0 Å². The van der Waals surface area contributed by atoms with E-state index in [9.17, 15) is 0 Å². The van der Waals surface area contributed by atoms with Crippen molar-refractivity contribution < 1.29 is 0 Å². The van der Waals surface area contributed by atoms with E-state index in [1.54, 1.807) is 0 Å². The summed E-state index contributed by atoms with van der Waals surface area (Å²) in [6.07, 6.45) is 1.36. The predicted octanol–water partition coefficient (Wildman–Crippen LogP) is 1.00. The highest BCUT2D eigenvalue weighted by atomic mass is 14.9. The second-order valence-electron chi connectivity index (χ2n) is 2.51. The van der Waals surface area contributed by atoms with E-state index in [0.29, 0.717) is 0 Å². The topological polar surface area (TPSA) is 12.0 Å². The normalized spacial score (nSPS) is 42.0. The summed E-state index contributed by atoms with van der Waals surface area (Å²) in [5.74, 6) is 0.903. The van der Waals surface area contributed by atoms with Crippen LogP contribution in [0, 0.1) is 5.92 Å². The largest absolute Gasteiger partial charge is 0.314 e. The Hall–Kier alpha value is -0.0400. The van der Waals surface area contributed by atoms with Crippen LogP contribution < -0.4 is 5.32 Å². The second-order valence-corrected chi connectivity index (χ2v) is 2.51. The van der Waals surface area contributed by atoms with Crippen LogP contribution in [0.15, 0.2) is 0 Å². The summed E-state index contributed by atoms with van der Waals surface area (Å²) in [4.78, 5) is 0. The Morgan fingerprint density at radius 3 is 2.29 bits per heavy atom. The summed E-state index contributed by atoms with van der Waals surface area (Å²) in [6.45, 7) is 5.77. The minimum Gasteiger partial charge on any atom is -0.314 e. The molecule has 0 saturated carbocycles. The molecule has 2 atom stereocenters. The molecule has 1 nitrogen and oxygen atoms in total. The highest BCUT2D eigenvalue weighted by Crippen LogP contribution is 2.12. The van der Waals surface area contributed by atoms with Crippen molar-refractivity contribution >= 4 is 0 Å². The standard InChI is InChI=1S/C6H13N/c1-5-3-4-7-6(5)2/h5-7H,3-4H2,1-2H3/t5?,6-/m1/s1. The van der Waals surface area contributed by atoms with Gasteiger partial charge in [-0.2, -0.15) is 0 Å². The van der Waals surface area contributed by atoms with Crippen LogP contribution in [-0.4, -0.2) is 12.6 Å². The Morgan fingerprint density at radius 2 is 2.14 bits per heavy atom. The lowest BCUT2D eigenvalue weighted by Gasteiger charge is -2.05. The molecule has 0 aromatic carbocycles. The molecule has 0 bridgehead atoms. The van der Waals surface area contributed by atoms with Crippen molar-refractivity contribution in [1.29, 1.82) is 0 Å². The molecule has 1 saturated heterocycles. The van der Waals surface area contributed by atoms with Crippen molar-refractivity contribution in [2.75, 3.05) is 6.54 Å². The zero-order valence-electron chi connectivity index (χ0n) is 5.07. The van der Waals surface area contributed by atoms with Gasteiger partial charge in [-0.1, -0.05) is 6.92 Å². The van der Waals surface area contributed by atoms with Crippen LogP contribution in [0.2, 0.25) is 0 Å². The lowest BCUT2D eigenvalue weighted by molar-refractivity contribution is 0.519. The maximum atomic E-state index is 3.37. The molecule has 1 heterocycles. The summed E-state index contributed by atoms with van der Waals surface area (Å²) >= 11 is 0. The van der Waals surface area contributed by atoms with E-state index in [1.165, 1.54) is 13.0 Å². The Labute approximate surface area is 45.1 Å². The van der Waals surface area contributed by atoms with Gasteiger partial charge in [0.2, 0.25) is 0 Å². The maximum Gasteiger partial charge on any atom is 0.00648 e. The van der Waals surface area contributed by atoms with E-state index in [2.05, 4.69) is 19.2 Å². The Balaban J connectivity index is 2.33. The van der Waals surface area contributed by atoms with E-state index in [-0.39, 0.29) is 0 Å². The summed E-state index contributed by atoms with van der Waals surface area (Å²) in [7, 11) is 0. The molecule has 0 aliphatic carbocycles. The molecule has 42 valence electrons. The van der Waals surface area contributed by atoms with Crippen LogP contribution in [0.25, 0.3) is 0 Å². The van der Waals surface area contributed by atoms with Gasteiger partial charge in [0.15, 0.2) is 0 Å². The summed E-state index contributed by atoms with van der Waals surface area (Å²) in [5.41, 5.74) is 0. The maximum absolute atomic E-state index is 3.37. The van der Waals surface area contributed by atoms with Crippen LogP contribution in [0.5, 0.6) is 0 Å². The first-order valence-electron chi connectivity index (χ1n) is 3.04. The fourth-order valence-electron chi connectivity index (χ4n) is 0.990. The molecule has 1 fully saturated rings. The number of rotatable bonds is 0.